The number of esters is 1. The van der Waals surface area contributed by atoms with E-state index in [0.29, 0.717) is 5.56 Å². The number of carbonyl (C=O) groups excluding carboxylic acids is 1. The number of thiophene rings is 1. The number of nitrogens with zero attached hydrogens (tertiary/aromatic N) is 2. The lowest BCUT2D eigenvalue weighted by Gasteiger charge is -2.23. The van der Waals surface area contributed by atoms with E-state index >= 15 is 0 Å². The number of carboxylic acid groups (broad SMARTS) is 1. The van der Waals surface area contributed by atoms with Gasteiger partial charge in [0.1, 0.15) is 15.2 Å². The van der Waals surface area contributed by atoms with Crippen LogP contribution in [0.4, 0.5) is 0 Å². The number of aromatic nitrogens is 2. The Bertz CT molecular complexity index is 1420. The topological polar surface area (TPSA) is 117 Å². The van der Waals surface area contributed by atoms with Crippen molar-refractivity contribution in [2.45, 2.75) is 58.8 Å². The molecule has 0 aliphatic carbocycles. The Morgan fingerprint density at radius 3 is 2.31 bits per heavy atom. The van der Waals surface area contributed by atoms with Crippen LogP contribution in [-0.2, 0) is 33.3 Å². The van der Waals surface area contributed by atoms with Gasteiger partial charge in [0.25, 0.3) is 5.56 Å². The van der Waals surface area contributed by atoms with E-state index < -0.39 is 34.8 Å². The lowest BCUT2D eigenvalue weighted by Crippen LogP contribution is -2.52. The van der Waals surface area contributed by atoms with Gasteiger partial charge >= 0.3 is 17.6 Å². The number of ether oxygens (including phenoxy) is 2. The smallest absolute Gasteiger partial charge is 0.348 e. The second-order valence-corrected chi connectivity index (χ2v) is 11.3. The third kappa shape index (κ3) is 5.28. The third-order valence-electron chi connectivity index (χ3n) is 5.80. The summed E-state index contributed by atoms with van der Waals surface area (Å²) in [5, 5.41) is 9.87. The summed E-state index contributed by atoms with van der Waals surface area (Å²) in [4.78, 5) is 52.3. The molecule has 2 aromatic heterocycles. The van der Waals surface area contributed by atoms with Gasteiger partial charge in [0.2, 0.25) is 0 Å². The molecule has 0 aliphatic heterocycles. The van der Waals surface area contributed by atoms with Gasteiger partial charge in [0, 0.05) is 17.0 Å². The Balaban J connectivity index is 2.38. The number of carbonyl (C=O) groups is 2. The number of hydrogen-bond acceptors (Lipinski definition) is 7. The van der Waals surface area contributed by atoms with Gasteiger partial charge in [0.15, 0.2) is 0 Å². The lowest BCUT2D eigenvalue weighted by atomic mass is 9.99. The normalized spacial score (nSPS) is 12.8. The Labute approximate surface area is 225 Å². The number of halogens is 1. The van der Waals surface area contributed by atoms with E-state index in [2.05, 4.69) is 22.6 Å². The maximum Gasteiger partial charge on any atom is 0.348 e. The highest BCUT2D eigenvalue weighted by Crippen LogP contribution is 2.35. The Morgan fingerprint density at radius 1 is 1.17 bits per heavy atom. The molecule has 0 spiro atoms. The highest BCUT2D eigenvalue weighted by atomic mass is 127. The number of hydrogen-bond donors (Lipinski definition) is 1. The fourth-order valence-electron chi connectivity index (χ4n) is 3.92. The minimum Gasteiger partial charge on any atom is -0.480 e. The molecule has 3 rings (SSSR count). The van der Waals surface area contributed by atoms with E-state index in [0.717, 1.165) is 25.0 Å². The molecule has 0 saturated heterocycles. The molecule has 0 unspecified atom stereocenters. The van der Waals surface area contributed by atoms with Gasteiger partial charge in [-0.3, -0.25) is 9.36 Å². The number of carboxylic acids is 1. The minimum atomic E-state index is -1.81. The van der Waals surface area contributed by atoms with Crippen LogP contribution in [0.15, 0.2) is 33.9 Å². The molecule has 0 fully saturated rings. The van der Waals surface area contributed by atoms with Crippen LogP contribution in [0.2, 0.25) is 0 Å². The van der Waals surface area contributed by atoms with Gasteiger partial charge < -0.3 is 14.6 Å². The van der Waals surface area contributed by atoms with Crippen molar-refractivity contribution in [2.75, 3.05) is 6.61 Å². The molecule has 0 saturated carbocycles. The standard InChI is InChI=1S/C25H29IN2O7S/c1-7-34-22(30)19-16(12-17(35-13(2)3)14-8-10-15(26)11-9-14)18-20(29)28(25(4,5)23(31)32)24(33)27(6)21(18)36-19/h8-11,13,17H,7,12H2,1-6H3,(H,31,32)/t17-/m1/s1. The molecule has 9 nitrogen and oxygen atoms in total. The van der Waals surface area contributed by atoms with Crippen molar-refractivity contribution in [3.63, 3.8) is 0 Å². The Morgan fingerprint density at radius 2 is 1.78 bits per heavy atom. The van der Waals surface area contributed by atoms with Crippen molar-refractivity contribution in [3.8, 4) is 0 Å². The van der Waals surface area contributed by atoms with Crippen LogP contribution >= 0.6 is 33.9 Å². The molecule has 0 amide bonds. The fraction of sp³-hybridized carbons (Fsp3) is 0.440. The summed E-state index contributed by atoms with van der Waals surface area (Å²) >= 11 is 3.19. The first kappa shape index (κ1) is 28.1. The maximum atomic E-state index is 13.8. The van der Waals surface area contributed by atoms with Crippen LogP contribution < -0.4 is 11.2 Å². The number of aryl methyl sites for hydroxylation is 1. The minimum absolute atomic E-state index is 0.113. The van der Waals surface area contributed by atoms with Crippen molar-refractivity contribution in [3.05, 3.63) is 64.7 Å². The van der Waals surface area contributed by atoms with Crippen LogP contribution in [0.5, 0.6) is 0 Å². The van der Waals surface area contributed by atoms with Crippen molar-refractivity contribution >= 4 is 56.1 Å². The molecular formula is C25H29IN2O7S. The summed E-state index contributed by atoms with van der Waals surface area (Å²) in [6.07, 6.45) is -0.517. The number of fused-ring (bicyclic) bond motifs is 1. The third-order valence-corrected chi connectivity index (χ3v) is 7.81. The molecular weight excluding hydrogens is 599 g/mol. The summed E-state index contributed by atoms with van der Waals surface area (Å²) in [5.41, 5.74) is -2.14. The molecule has 1 atom stereocenters. The SMILES string of the molecule is CCOC(=O)c1sc2c(c1C[C@@H](OC(C)C)c1ccc(I)cc1)c(=O)n(C(C)(C)C(=O)O)c(=O)n2C. The molecule has 1 aromatic carbocycles. The van der Waals surface area contributed by atoms with Crippen molar-refractivity contribution in [1.82, 2.24) is 9.13 Å². The lowest BCUT2D eigenvalue weighted by molar-refractivity contribution is -0.146. The Kier molecular flexibility index (Phi) is 8.46. The van der Waals surface area contributed by atoms with Gasteiger partial charge in [-0.1, -0.05) is 12.1 Å². The van der Waals surface area contributed by atoms with E-state index in [1.54, 1.807) is 6.92 Å². The van der Waals surface area contributed by atoms with Crippen molar-refractivity contribution in [1.29, 1.82) is 0 Å². The van der Waals surface area contributed by atoms with Crippen LogP contribution in [0.25, 0.3) is 10.2 Å². The summed E-state index contributed by atoms with van der Waals surface area (Å²) < 4.78 is 14.4. The van der Waals surface area contributed by atoms with Crippen molar-refractivity contribution in [2.24, 2.45) is 7.05 Å². The van der Waals surface area contributed by atoms with Gasteiger partial charge in [-0.2, -0.15) is 0 Å². The molecule has 2 heterocycles. The number of benzene rings is 1. The molecule has 194 valence electrons. The van der Waals surface area contributed by atoms with E-state index in [9.17, 15) is 24.3 Å². The Hall–Kier alpha value is -2.51. The predicted molar refractivity (Wildman–Crippen MR) is 146 cm³/mol. The average molecular weight is 628 g/mol. The van der Waals surface area contributed by atoms with Gasteiger partial charge in [-0.05, 0) is 80.5 Å². The van der Waals surface area contributed by atoms with E-state index in [-0.39, 0.29) is 34.2 Å². The molecule has 1 N–H and O–H groups in total. The quantitative estimate of drug-likeness (QED) is 0.281. The zero-order valence-corrected chi connectivity index (χ0v) is 23.9. The monoisotopic (exact) mass is 628 g/mol. The van der Waals surface area contributed by atoms with Crippen LogP contribution in [-0.4, -0.2) is 38.9 Å². The fourth-order valence-corrected chi connectivity index (χ4v) is 5.46. The van der Waals surface area contributed by atoms with E-state index in [4.69, 9.17) is 9.47 Å². The highest BCUT2D eigenvalue weighted by molar-refractivity contribution is 14.1. The molecule has 36 heavy (non-hydrogen) atoms. The van der Waals surface area contributed by atoms with Crippen LogP contribution in [0.3, 0.4) is 0 Å². The second-order valence-electron chi connectivity index (χ2n) is 9.09. The highest BCUT2D eigenvalue weighted by Gasteiger charge is 2.36. The van der Waals surface area contributed by atoms with E-state index in [1.807, 2.05) is 38.1 Å². The first-order chi connectivity index (χ1) is 16.8. The molecule has 11 heteroatoms. The number of aliphatic carboxylic acids is 1. The summed E-state index contributed by atoms with van der Waals surface area (Å²) in [6.45, 7) is 8.18. The first-order valence-electron chi connectivity index (χ1n) is 11.4. The summed E-state index contributed by atoms with van der Waals surface area (Å²) in [7, 11) is 1.45. The van der Waals surface area contributed by atoms with Gasteiger partial charge in [-0.15, -0.1) is 11.3 Å². The number of rotatable bonds is 9. The molecule has 3 aromatic rings. The largest absolute Gasteiger partial charge is 0.480 e. The molecule has 0 aliphatic rings. The zero-order chi connectivity index (χ0) is 26.9. The van der Waals surface area contributed by atoms with Crippen LogP contribution in [0.1, 0.15) is 61.5 Å². The maximum absolute atomic E-state index is 13.8. The van der Waals surface area contributed by atoms with E-state index in [1.165, 1.54) is 25.5 Å². The second kappa shape index (κ2) is 10.9. The van der Waals surface area contributed by atoms with Gasteiger partial charge in [0.05, 0.1) is 24.2 Å². The molecule has 0 bridgehead atoms. The summed E-state index contributed by atoms with van der Waals surface area (Å²) in [5.74, 6) is -1.95. The predicted octanol–water partition coefficient (Wildman–Crippen LogP) is 4.07. The average Bonchev–Trinajstić information content (AvgIpc) is 3.17. The van der Waals surface area contributed by atoms with Crippen LogP contribution in [0, 0.1) is 3.57 Å². The zero-order valence-electron chi connectivity index (χ0n) is 21.0. The van der Waals surface area contributed by atoms with Gasteiger partial charge in [-0.25, -0.2) is 19.0 Å². The summed E-state index contributed by atoms with van der Waals surface area (Å²) in [6, 6.07) is 7.73. The van der Waals surface area contributed by atoms with Crippen molar-refractivity contribution < 1.29 is 24.2 Å². The first-order valence-corrected chi connectivity index (χ1v) is 13.3. The molecule has 0 radical (unpaired) electrons.